The number of benzene rings is 1. The SMILES string of the molecule is CC(=O)SCCCCCCCCCCCCCCCC(=O)NCCOCCOC(=O)CC/C=C/CNC(=O)COc1ccc(-c2ccc(=O)n(C)c2)cc1. The van der Waals surface area contributed by atoms with Crippen molar-refractivity contribution < 1.29 is 33.4 Å². The van der Waals surface area contributed by atoms with E-state index in [0.29, 0.717) is 38.3 Å². The van der Waals surface area contributed by atoms with Gasteiger partial charge in [-0.3, -0.25) is 24.0 Å². The number of carbonyl (C=O) groups is 4. The van der Waals surface area contributed by atoms with Crippen LogP contribution in [0.5, 0.6) is 5.75 Å². The summed E-state index contributed by atoms with van der Waals surface area (Å²) in [6.07, 6.45) is 22.5. The number of allylic oxidation sites excluding steroid dienone is 1. The number of amides is 2. The molecule has 54 heavy (non-hydrogen) atoms. The third kappa shape index (κ3) is 24.4. The van der Waals surface area contributed by atoms with E-state index in [9.17, 15) is 24.0 Å². The lowest BCUT2D eigenvalue weighted by atomic mass is 10.0. The van der Waals surface area contributed by atoms with Crippen molar-refractivity contribution >= 4 is 34.7 Å². The summed E-state index contributed by atoms with van der Waals surface area (Å²) in [5.74, 6) is 0.988. The molecule has 12 heteroatoms. The number of ether oxygens (including phenoxy) is 3. The molecular weight excluding hydrogens is 707 g/mol. The Morgan fingerprint density at radius 1 is 0.704 bits per heavy atom. The maximum absolute atomic E-state index is 12.1. The predicted octanol–water partition coefficient (Wildman–Crippen LogP) is 7.30. The summed E-state index contributed by atoms with van der Waals surface area (Å²) < 4.78 is 17.7. The molecule has 0 radical (unpaired) electrons. The van der Waals surface area contributed by atoms with E-state index in [4.69, 9.17) is 14.2 Å². The number of pyridine rings is 1. The molecule has 0 aliphatic rings. The Hall–Kier alpha value is -3.90. The molecule has 0 aliphatic carbocycles. The van der Waals surface area contributed by atoms with E-state index in [2.05, 4.69) is 10.6 Å². The molecule has 0 aliphatic heterocycles. The first-order valence-electron chi connectivity index (χ1n) is 19.7. The van der Waals surface area contributed by atoms with Crippen LogP contribution in [0.25, 0.3) is 11.1 Å². The van der Waals surface area contributed by atoms with Crippen LogP contribution in [0.4, 0.5) is 0 Å². The lowest BCUT2D eigenvalue weighted by Gasteiger charge is -2.08. The van der Waals surface area contributed by atoms with Gasteiger partial charge in [-0.25, -0.2) is 0 Å². The number of thioether (sulfide) groups is 1. The van der Waals surface area contributed by atoms with Crippen LogP contribution in [-0.4, -0.2) is 72.7 Å². The van der Waals surface area contributed by atoms with Crippen LogP contribution in [0.15, 0.2) is 59.5 Å². The van der Waals surface area contributed by atoms with Gasteiger partial charge in [0, 0.05) is 57.9 Å². The van der Waals surface area contributed by atoms with Gasteiger partial charge < -0.3 is 29.4 Å². The standard InChI is InChI=1S/C42H63N3O8S/c1-35(46)54-32-18-13-11-9-7-5-3-4-6-8-10-12-15-19-39(47)44-28-29-51-30-31-52-42(50)20-16-14-17-27-43-40(48)34-53-38-24-21-36(22-25-38)37-23-26-41(49)45(2)33-37/h14,17,21-26,33H,3-13,15-16,18-20,27-32,34H2,1-2H3,(H,43,48)(H,44,47)/b17-14+. The lowest BCUT2D eigenvalue weighted by Crippen LogP contribution is -2.28. The summed E-state index contributed by atoms with van der Waals surface area (Å²) in [5.41, 5.74) is 1.77. The van der Waals surface area contributed by atoms with Crippen molar-refractivity contribution in [2.45, 2.75) is 110 Å². The molecule has 0 unspecified atom stereocenters. The fourth-order valence-corrected chi connectivity index (χ4v) is 6.21. The summed E-state index contributed by atoms with van der Waals surface area (Å²) in [6.45, 7) is 3.07. The minimum atomic E-state index is -0.323. The van der Waals surface area contributed by atoms with Crippen molar-refractivity contribution in [2.24, 2.45) is 7.05 Å². The molecule has 0 saturated carbocycles. The molecule has 1 aromatic carbocycles. The number of aromatic nitrogens is 1. The summed E-state index contributed by atoms with van der Waals surface area (Å²) in [7, 11) is 1.70. The van der Waals surface area contributed by atoms with Crippen molar-refractivity contribution in [3.8, 4) is 16.9 Å². The molecule has 2 N–H and O–H groups in total. The first-order chi connectivity index (χ1) is 26.2. The van der Waals surface area contributed by atoms with E-state index in [1.54, 1.807) is 44.4 Å². The van der Waals surface area contributed by atoms with Gasteiger partial charge in [0.2, 0.25) is 11.5 Å². The van der Waals surface area contributed by atoms with Gasteiger partial charge >= 0.3 is 5.97 Å². The molecule has 0 spiro atoms. The second-order valence-electron chi connectivity index (χ2n) is 13.4. The molecule has 300 valence electrons. The Morgan fingerprint density at radius 3 is 1.98 bits per heavy atom. The Kier molecular flexibility index (Phi) is 26.1. The highest BCUT2D eigenvalue weighted by Crippen LogP contribution is 2.21. The van der Waals surface area contributed by atoms with Crippen LogP contribution in [0.2, 0.25) is 0 Å². The zero-order valence-corrected chi connectivity index (χ0v) is 33.4. The number of nitrogens with zero attached hydrogens (tertiary/aromatic N) is 1. The van der Waals surface area contributed by atoms with Crippen molar-refractivity contribution in [3.05, 3.63) is 65.1 Å². The van der Waals surface area contributed by atoms with Gasteiger partial charge in [0.05, 0.1) is 13.2 Å². The van der Waals surface area contributed by atoms with Crippen LogP contribution < -0.4 is 20.9 Å². The molecule has 2 amide bonds. The monoisotopic (exact) mass is 769 g/mol. The number of nitrogens with one attached hydrogen (secondary N) is 2. The average Bonchev–Trinajstić information content (AvgIpc) is 3.16. The normalized spacial score (nSPS) is 11.1. The van der Waals surface area contributed by atoms with Gasteiger partial charge in [0.1, 0.15) is 12.4 Å². The Morgan fingerprint density at radius 2 is 1.33 bits per heavy atom. The predicted molar refractivity (Wildman–Crippen MR) is 217 cm³/mol. The zero-order chi connectivity index (χ0) is 39.1. The molecule has 0 saturated heterocycles. The fourth-order valence-electron chi connectivity index (χ4n) is 5.57. The van der Waals surface area contributed by atoms with Crippen LogP contribution in [-0.2, 0) is 35.7 Å². The van der Waals surface area contributed by atoms with Crippen molar-refractivity contribution in [1.29, 1.82) is 0 Å². The summed E-state index contributed by atoms with van der Waals surface area (Å²) in [4.78, 5) is 58.5. The van der Waals surface area contributed by atoms with E-state index < -0.39 is 0 Å². The Balaban J connectivity index is 1.32. The quantitative estimate of drug-likeness (QED) is 0.0459. The highest BCUT2D eigenvalue weighted by molar-refractivity contribution is 8.13. The van der Waals surface area contributed by atoms with Gasteiger partial charge in [-0.2, -0.15) is 0 Å². The lowest BCUT2D eigenvalue weighted by molar-refractivity contribution is -0.145. The van der Waals surface area contributed by atoms with Crippen LogP contribution >= 0.6 is 11.8 Å². The van der Waals surface area contributed by atoms with E-state index in [1.165, 1.54) is 86.6 Å². The molecule has 11 nitrogen and oxygen atoms in total. The summed E-state index contributed by atoms with van der Waals surface area (Å²) in [5, 5.41) is 5.84. The third-order valence-electron chi connectivity index (χ3n) is 8.66. The smallest absolute Gasteiger partial charge is 0.306 e. The summed E-state index contributed by atoms with van der Waals surface area (Å²) >= 11 is 1.44. The minimum absolute atomic E-state index is 0.0469. The van der Waals surface area contributed by atoms with Crippen LogP contribution in [0, 0.1) is 0 Å². The van der Waals surface area contributed by atoms with E-state index in [0.717, 1.165) is 36.1 Å². The van der Waals surface area contributed by atoms with Gasteiger partial charge in [-0.1, -0.05) is 107 Å². The summed E-state index contributed by atoms with van der Waals surface area (Å²) in [6, 6.07) is 10.6. The number of unbranched alkanes of at least 4 members (excludes halogenated alkanes) is 12. The fraction of sp³-hybridized carbons (Fsp3) is 0.595. The van der Waals surface area contributed by atoms with E-state index >= 15 is 0 Å². The largest absolute Gasteiger partial charge is 0.484 e. The molecule has 2 aromatic rings. The first kappa shape index (κ1) is 46.3. The molecule has 1 heterocycles. The Bertz CT molecular complexity index is 1440. The molecule has 0 bridgehead atoms. The number of hydrogen-bond donors (Lipinski definition) is 2. The molecular formula is C42H63N3O8S. The molecule has 2 rings (SSSR count). The highest BCUT2D eigenvalue weighted by Gasteiger charge is 2.05. The second-order valence-corrected chi connectivity index (χ2v) is 14.6. The van der Waals surface area contributed by atoms with Crippen molar-refractivity contribution in [2.75, 3.05) is 45.3 Å². The average molecular weight is 770 g/mol. The van der Waals surface area contributed by atoms with Crippen molar-refractivity contribution in [3.63, 3.8) is 0 Å². The van der Waals surface area contributed by atoms with Crippen LogP contribution in [0.1, 0.15) is 110 Å². The minimum Gasteiger partial charge on any atom is -0.484 e. The number of aryl methyl sites for hydroxylation is 1. The van der Waals surface area contributed by atoms with E-state index in [1.807, 2.05) is 18.2 Å². The zero-order valence-electron chi connectivity index (χ0n) is 32.6. The number of carbonyl (C=O) groups excluding carboxylic acids is 4. The number of esters is 1. The van der Waals surface area contributed by atoms with E-state index in [-0.39, 0.29) is 54.7 Å². The maximum atomic E-state index is 12.1. The molecule has 0 atom stereocenters. The van der Waals surface area contributed by atoms with Gasteiger partial charge in [-0.15, -0.1) is 0 Å². The highest BCUT2D eigenvalue weighted by atomic mass is 32.2. The van der Waals surface area contributed by atoms with Crippen molar-refractivity contribution in [1.82, 2.24) is 15.2 Å². The first-order valence-corrected chi connectivity index (χ1v) is 20.7. The third-order valence-corrected chi connectivity index (χ3v) is 9.55. The van der Waals surface area contributed by atoms with Gasteiger partial charge in [0.25, 0.3) is 5.91 Å². The van der Waals surface area contributed by atoms with Gasteiger partial charge in [0.15, 0.2) is 11.7 Å². The van der Waals surface area contributed by atoms with Gasteiger partial charge in [-0.05, 0) is 48.6 Å². The second kappa shape index (κ2) is 30.4. The maximum Gasteiger partial charge on any atom is 0.306 e. The van der Waals surface area contributed by atoms with Crippen LogP contribution in [0.3, 0.4) is 0 Å². The molecule has 1 aromatic heterocycles. The number of hydrogen-bond acceptors (Lipinski definition) is 9. The number of rotatable bonds is 31. The topological polar surface area (TPSA) is 142 Å². The molecule has 0 fully saturated rings. The Labute approximate surface area is 326 Å².